The molecule has 1 heteroatoms. The standard InChI is InChI=1S/C24H18O/c1-2-25-17-12-10-16(11-13-17)18-14-15-23-20-7-4-3-6-19(20)22-9-5-8-21(18)24(22)23/h3-15H,2H2,1H3. The summed E-state index contributed by atoms with van der Waals surface area (Å²) >= 11 is 0. The van der Waals surface area contributed by atoms with Crippen LogP contribution in [0, 0.1) is 0 Å². The summed E-state index contributed by atoms with van der Waals surface area (Å²) in [6, 6.07) is 28.3. The molecule has 0 amide bonds. The zero-order chi connectivity index (χ0) is 16.8. The molecule has 25 heavy (non-hydrogen) atoms. The van der Waals surface area contributed by atoms with Crippen molar-refractivity contribution in [1.82, 2.24) is 0 Å². The molecule has 0 saturated carbocycles. The molecule has 0 radical (unpaired) electrons. The van der Waals surface area contributed by atoms with Crippen LogP contribution in [0.15, 0.2) is 78.9 Å². The quantitative estimate of drug-likeness (QED) is 0.366. The molecular formula is C24H18O. The predicted octanol–water partition coefficient (Wildman–Crippen LogP) is 6.55. The summed E-state index contributed by atoms with van der Waals surface area (Å²) in [4.78, 5) is 0. The molecule has 120 valence electrons. The van der Waals surface area contributed by atoms with E-state index in [0.29, 0.717) is 6.61 Å². The van der Waals surface area contributed by atoms with Crippen LogP contribution in [0.1, 0.15) is 6.92 Å². The summed E-state index contributed by atoms with van der Waals surface area (Å²) in [7, 11) is 0. The molecule has 0 heterocycles. The molecule has 5 rings (SSSR count). The SMILES string of the molecule is CCOc1ccc(-c2ccc3c4c(cccc24)-c2ccccc2-3)cc1. The normalized spacial score (nSPS) is 11.6. The van der Waals surface area contributed by atoms with Crippen LogP contribution >= 0.6 is 0 Å². The Morgan fingerprint density at radius 2 is 1.24 bits per heavy atom. The zero-order valence-electron chi connectivity index (χ0n) is 14.1. The fourth-order valence-electron chi connectivity index (χ4n) is 3.96. The molecular weight excluding hydrogens is 304 g/mol. The number of ether oxygens (including phenoxy) is 1. The van der Waals surface area contributed by atoms with Gasteiger partial charge in [0, 0.05) is 0 Å². The van der Waals surface area contributed by atoms with Gasteiger partial charge in [-0.2, -0.15) is 0 Å². The Bertz CT molecular complexity index is 1060. The van der Waals surface area contributed by atoms with Gasteiger partial charge in [0.05, 0.1) is 6.61 Å². The third kappa shape index (κ3) is 2.09. The monoisotopic (exact) mass is 322 g/mol. The molecule has 0 spiro atoms. The second-order valence-electron chi connectivity index (χ2n) is 6.39. The van der Waals surface area contributed by atoms with Gasteiger partial charge in [0.1, 0.15) is 5.75 Å². The van der Waals surface area contributed by atoms with Crippen molar-refractivity contribution in [3.05, 3.63) is 78.9 Å². The van der Waals surface area contributed by atoms with E-state index in [-0.39, 0.29) is 0 Å². The van der Waals surface area contributed by atoms with Crippen LogP contribution in [-0.4, -0.2) is 6.61 Å². The van der Waals surface area contributed by atoms with Crippen LogP contribution in [0.3, 0.4) is 0 Å². The van der Waals surface area contributed by atoms with Crippen LogP contribution < -0.4 is 4.74 Å². The maximum Gasteiger partial charge on any atom is 0.119 e. The van der Waals surface area contributed by atoms with E-state index in [0.717, 1.165) is 5.75 Å². The van der Waals surface area contributed by atoms with E-state index in [1.807, 2.05) is 6.92 Å². The molecule has 4 aromatic rings. The molecule has 1 nitrogen and oxygen atoms in total. The van der Waals surface area contributed by atoms with Crippen molar-refractivity contribution in [2.24, 2.45) is 0 Å². The van der Waals surface area contributed by atoms with Gasteiger partial charge in [-0.25, -0.2) is 0 Å². The molecule has 1 aliphatic carbocycles. The van der Waals surface area contributed by atoms with E-state index in [1.54, 1.807) is 0 Å². The zero-order valence-corrected chi connectivity index (χ0v) is 14.1. The van der Waals surface area contributed by atoms with Gasteiger partial charge in [-0.3, -0.25) is 0 Å². The first-order valence-corrected chi connectivity index (χ1v) is 8.75. The minimum Gasteiger partial charge on any atom is -0.494 e. The molecule has 0 saturated heterocycles. The summed E-state index contributed by atoms with van der Waals surface area (Å²) < 4.78 is 5.57. The number of rotatable bonds is 3. The van der Waals surface area contributed by atoms with Gasteiger partial charge in [-0.1, -0.05) is 66.7 Å². The Kier molecular flexibility index (Phi) is 3.14. The number of hydrogen-bond donors (Lipinski definition) is 0. The lowest BCUT2D eigenvalue weighted by molar-refractivity contribution is 0.340. The highest BCUT2D eigenvalue weighted by molar-refractivity contribution is 6.18. The van der Waals surface area contributed by atoms with Gasteiger partial charge >= 0.3 is 0 Å². The van der Waals surface area contributed by atoms with Gasteiger partial charge in [0.25, 0.3) is 0 Å². The second kappa shape index (κ2) is 5.49. The minimum atomic E-state index is 0.693. The molecule has 0 aromatic heterocycles. The van der Waals surface area contributed by atoms with Crippen LogP contribution in [0.2, 0.25) is 0 Å². The van der Waals surface area contributed by atoms with Crippen LogP contribution in [-0.2, 0) is 0 Å². The lowest BCUT2D eigenvalue weighted by atomic mass is 9.94. The Hall–Kier alpha value is -3.06. The average molecular weight is 322 g/mol. The summed E-state index contributed by atoms with van der Waals surface area (Å²) in [6.07, 6.45) is 0. The van der Waals surface area contributed by atoms with E-state index in [2.05, 4.69) is 78.9 Å². The first-order chi connectivity index (χ1) is 12.4. The van der Waals surface area contributed by atoms with Crippen molar-refractivity contribution in [2.45, 2.75) is 6.92 Å². The molecule has 1 aliphatic rings. The van der Waals surface area contributed by atoms with E-state index in [1.165, 1.54) is 44.2 Å². The van der Waals surface area contributed by atoms with Crippen molar-refractivity contribution >= 4 is 10.8 Å². The number of hydrogen-bond acceptors (Lipinski definition) is 1. The fourth-order valence-corrected chi connectivity index (χ4v) is 3.96. The summed E-state index contributed by atoms with van der Waals surface area (Å²) in [6.45, 7) is 2.70. The molecule has 4 aromatic carbocycles. The Morgan fingerprint density at radius 1 is 0.600 bits per heavy atom. The molecule has 0 N–H and O–H groups in total. The fraction of sp³-hybridized carbons (Fsp3) is 0.0833. The smallest absolute Gasteiger partial charge is 0.119 e. The molecule has 0 bridgehead atoms. The number of fused-ring (bicyclic) bond motifs is 3. The van der Waals surface area contributed by atoms with Gasteiger partial charge in [-0.05, 0) is 63.2 Å². The predicted molar refractivity (Wildman–Crippen MR) is 105 cm³/mol. The van der Waals surface area contributed by atoms with Crippen molar-refractivity contribution in [1.29, 1.82) is 0 Å². The Morgan fingerprint density at radius 3 is 1.96 bits per heavy atom. The molecule has 0 atom stereocenters. The highest BCUT2D eigenvalue weighted by atomic mass is 16.5. The van der Waals surface area contributed by atoms with Crippen LogP contribution in [0.5, 0.6) is 5.75 Å². The van der Waals surface area contributed by atoms with E-state index >= 15 is 0 Å². The Labute approximate surface area is 147 Å². The third-order valence-electron chi connectivity index (χ3n) is 5.02. The maximum atomic E-state index is 5.57. The van der Waals surface area contributed by atoms with Crippen molar-refractivity contribution in [3.63, 3.8) is 0 Å². The van der Waals surface area contributed by atoms with Crippen molar-refractivity contribution in [3.8, 4) is 39.1 Å². The molecule has 0 unspecified atom stereocenters. The Balaban J connectivity index is 1.74. The average Bonchev–Trinajstić information content (AvgIpc) is 2.99. The van der Waals surface area contributed by atoms with Crippen molar-refractivity contribution in [2.75, 3.05) is 6.61 Å². The summed E-state index contributed by atoms with van der Waals surface area (Å²) in [5.41, 5.74) is 7.87. The van der Waals surface area contributed by atoms with E-state index < -0.39 is 0 Å². The highest BCUT2D eigenvalue weighted by Crippen LogP contribution is 2.49. The second-order valence-corrected chi connectivity index (χ2v) is 6.39. The molecule has 0 fully saturated rings. The van der Waals surface area contributed by atoms with Gasteiger partial charge < -0.3 is 4.74 Å². The van der Waals surface area contributed by atoms with Gasteiger partial charge in [-0.15, -0.1) is 0 Å². The summed E-state index contributed by atoms with van der Waals surface area (Å²) in [5.74, 6) is 0.921. The van der Waals surface area contributed by atoms with E-state index in [9.17, 15) is 0 Å². The van der Waals surface area contributed by atoms with Gasteiger partial charge in [0.2, 0.25) is 0 Å². The van der Waals surface area contributed by atoms with Crippen molar-refractivity contribution < 1.29 is 4.74 Å². The largest absolute Gasteiger partial charge is 0.494 e. The lowest BCUT2D eigenvalue weighted by Crippen LogP contribution is -1.90. The van der Waals surface area contributed by atoms with Crippen LogP contribution in [0.25, 0.3) is 44.2 Å². The first-order valence-electron chi connectivity index (χ1n) is 8.75. The van der Waals surface area contributed by atoms with E-state index in [4.69, 9.17) is 4.74 Å². The minimum absolute atomic E-state index is 0.693. The topological polar surface area (TPSA) is 9.23 Å². The van der Waals surface area contributed by atoms with Gasteiger partial charge in [0.15, 0.2) is 0 Å². The number of benzene rings is 4. The molecule has 0 aliphatic heterocycles. The highest BCUT2D eigenvalue weighted by Gasteiger charge is 2.21. The lowest BCUT2D eigenvalue weighted by Gasteiger charge is -2.10. The first kappa shape index (κ1) is 14.3. The maximum absolute atomic E-state index is 5.57. The van der Waals surface area contributed by atoms with Crippen LogP contribution in [0.4, 0.5) is 0 Å². The third-order valence-corrected chi connectivity index (χ3v) is 5.02. The summed E-state index contributed by atoms with van der Waals surface area (Å²) in [5, 5.41) is 2.69.